The molecule has 0 aromatic heterocycles. The van der Waals surface area contributed by atoms with E-state index in [9.17, 15) is 0 Å². The molecule has 1 atom stereocenters. The normalized spacial score (nSPS) is 24.7. The van der Waals surface area contributed by atoms with Gasteiger partial charge < -0.3 is 4.43 Å². The monoisotopic (exact) mass is 266 g/mol. The standard InChI is InChI=1S/C16H30OSi/c1-8-9-14-12-15(11-10-13(14)2)17-18(6,7)16(3,4)5/h9,15H,2,8,10-12H2,1,3-7H3/b14-9-. The van der Waals surface area contributed by atoms with Crippen molar-refractivity contribution in [1.82, 2.24) is 0 Å². The van der Waals surface area contributed by atoms with Crippen LogP contribution in [0.1, 0.15) is 53.4 Å². The smallest absolute Gasteiger partial charge is 0.192 e. The highest BCUT2D eigenvalue weighted by atomic mass is 28.4. The molecule has 0 aromatic carbocycles. The molecule has 0 bridgehead atoms. The molecule has 104 valence electrons. The van der Waals surface area contributed by atoms with Crippen molar-refractivity contribution >= 4 is 8.32 Å². The van der Waals surface area contributed by atoms with Gasteiger partial charge in [0.25, 0.3) is 0 Å². The SMILES string of the molecule is C=C1CCC(O[Si](C)(C)C(C)(C)C)C/C1=C/CC. The van der Waals surface area contributed by atoms with Crippen LogP contribution in [0.25, 0.3) is 0 Å². The van der Waals surface area contributed by atoms with Gasteiger partial charge >= 0.3 is 0 Å². The topological polar surface area (TPSA) is 9.23 Å². The fourth-order valence-electron chi connectivity index (χ4n) is 2.16. The van der Waals surface area contributed by atoms with Crippen LogP contribution in [0.5, 0.6) is 0 Å². The molecule has 2 heteroatoms. The molecule has 0 aromatic rings. The van der Waals surface area contributed by atoms with Crippen molar-refractivity contribution < 1.29 is 4.43 Å². The zero-order valence-corrected chi connectivity index (χ0v) is 14.1. The van der Waals surface area contributed by atoms with E-state index in [0.717, 1.165) is 25.7 Å². The van der Waals surface area contributed by atoms with Gasteiger partial charge in [0.1, 0.15) is 0 Å². The molecule has 1 aliphatic carbocycles. The highest BCUT2D eigenvalue weighted by molar-refractivity contribution is 6.74. The van der Waals surface area contributed by atoms with Crippen LogP contribution in [0.4, 0.5) is 0 Å². The van der Waals surface area contributed by atoms with Crippen LogP contribution in [0.15, 0.2) is 23.8 Å². The van der Waals surface area contributed by atoms with E-state index in [2.05, 4.69) is 53.4 Å². The summed E-state index contributed by atoms with van der Waals surface area (Å²) in [5.74, 6) is 0. The average molecular weight is 267 g/mol. The van der Waals surface area contributed by atoms with E-state index >= 15 is 0 Å². The maximum atomic E-state index is 6.53. The maximum Gasteiger partial charge on any atom is 0.192 e. The Balaban J connectivity index is 2.70. The van der Waals surface area contributed by atoms with Crippen molar-refractivity contribution in [3.05, 3.63) is 23.8 Å². The third-order valence-electron chi connectivity index (χ3n) is 4.39. The third-order valence-corrected chi connectivity index (χ3v) is 8.92. The Morgan fingerprint density at radius 2 is 2.00 bits per heavy atom. The Hall–Kier alpha value is -0.343. The van der Waals surface area contributed by atoms with Crippen molar-refractivity contribution in [2.24, 2.45) is 0 Å². The molecule has 1 saturated carbocycles. The first kappa shape index (κ1) is 15.7. The summed E-state index contributed by atoms with van der Waals surface area (Å²) in [4.78, 5) is 0. The van der Waals surface area contributed by atoms with Gasteiger partial charge in [-0.1, -0.05) is 45.9 Å². The number of allylic oxidation sites excluding steroid dienone is 2. The van der Waals surface area contributed by atoms with Crippen molar-refractivity contribution in [1.29, 1.82) is 0 Å². The highest BCUT2D eigenvalue weighted by Gasteiger charge is 2.39. The van der Waals surface area contributed by atoms with Gasteiger partial charge in [0.15, 0.2) is 8.32 Å². The van der Waals surface area contributed by atoms with E-state index in [1.807, 2.05) is 0 Å². The second-order valence-corrected chi connectivity index (χ2v) is 11.7. The van der Waals surface area contributed by atoms with E-state index < -0.39 is 8.32 Å². The lowest BCUT2D eigenvalue weighted by molar-refractivity contribution is 0.164. The zero-order chi connectivity index (χ0) is 14.0. The molecule has 1 aliphatic rings. The first-order chi connectivity index (χ1) is 8.17. The molecule has 18 heavy (non-hydrogen) atoms. The second-order valence-electron chi connectivity index (χ2n) is 6.98. The first-order valence-corrected chi connectivity index (χ1v) is 10.1. The summed E-state index contributed by atoms with van der Waals surface area (Å²) >= 11 is 0. The maximum absolute atomic E-state index is 6.53. The quantitative estimate of drug-likeness (QED) is 0.617. The van der Waals surface area contributed by atoms with Gasteiger partial charge in [-0.2, -0.15) is 0 Å². The summed E-state index contributed by atoms with van der Waals surface area (Å²) in [6.07, 6.45) is 7.15. The molecule has 0 N–H and O–H groups in total. The van der Waals surface area contributed by atoms with Crippen LogP contribution >= 0.6 is 0 Å². The largest absolute Gasteiger partial charge is 0.414 e. The molecule has 1 rings (SSSR count). The summed E-state index contributed by atoms with van der Waals surface area (Å²) in [5.41, 5.74) is 2.76. The Kier molecular flexibility index (Phi) is 5.02. The first-order valence-electron chi connectivity index (χ1n) is 7.22. The molecule has 1 nitrogen and oxygen atoms in total. The molecule has 0 aliphatic heterocycles. The molecule has 0 saturated heterocycles. The van der Waals surface area contributed by atoms with Gasteiger partial charge in [-0.05, 0) is 49.4 Å². The van der Waals surface area contributed by atoms with E-state index in [-0.39, 0.29) is 0 Å². The van der Waals surface area contributed by atoms with Gasteiger partial charge in [0.05, 0.1) is 0 Å². The van der Waals surface area contributed by atoms with Crippen LogP contribution in [0.2, 0.25) is 18.1 Å². The molecule has 0 spiro atoms. The van der Waals surface area contributed by atoms with E-state index in [1.165, 1.54) is 11.1 Å². The molecule has 1 unspecified atom stereocenters. The van der Waals surface area contributed by atoms with E-state index in [1.54, 1.807) is 0 Å². The molecular formula is C16H30OSi. The summed E-state index contributed by atoms with van der Waals surface area (Å²) < 4.78 is 6.53. The Morgan fingerprint density at radius 3 is 2.50 bits per heavy atom. The number of rotatable bonds is 3. The highest BCUT2D eigenvalue weighted by Crippen LogP contribution is 2.40. The minimum atomic E-state index is -1.62. The fraction of sp³-hybridized carbons (Fsp3) is 0.750. The van der Waals surface area contributed by atoms with Crippen molar-refractivity contribution in [3.63, 3.8) is 0 Å². The summed E-state index contributed by atoms with van der Waals surface area (Å²) in [7, 11) is -1.62. The van der Waals surface area contributed by atoms with Crippen LogP contribution in [0, 0.1) is 0 Å². The fourth-order valence-corrected chi connectivity index (χ4v) is 3.54. The Morgan fingerprint density at radius 1 is 1.39 bits per heavy atom. The zero-order valence-electron chi connectivity index (χ0n) is 13.1. The van der Waals surface area contributed by atoms with E-state index in [0.29, 0.717) is 11.1 Å². The van der Waals surface area contributed by atoms with Crippen LogP contribution < -0.4 is 0 Å². The van der Waals surface area contributed by atoms with Gasteiger partial charge in [0, 0.05) is 6.10 Å². The van der Waals surface area contributed by atoms with Crippen LogP contribution in [0.3, 0.4) is 0 Å². The van der Waals surface area contributed by atoms with Gasteiger partial charge in [-0.15, -0.1) is 0 Å². The lowest BCUT2D eigenvalue weighted by atomic mass is 9.88. The third kappa shape index (κ3) is 3.82. The minimum absolute atomic E-state index is 0.302. The van der Waals surface area contributed by atoms with Crippen LogP contribution in [-0.2, 0) is 4.43 Å². The summed E-state index contributed by atoms with van der Waals surface area (Å²) in [5, 5.41) is 0.302. The summed E-state index contributed by atoms with van der Waals surface area (Å²) in [6, 6.07) is 0. The number of hydrogen-bond donors (Lipinski definition) is 0. The molecule has 0 amide bonds. The summed E-state index contributed by atoms with van der Waals surface area (Å²) in [6.45, 7) is 18.0. The minimum Gasteiger partial charge on any atom is -0.414 e. The molecule has 0 radical (unpaired) electrons. The Labute approximate surface area is 114 Å². The van der Waals surface area contributed by atoms with E-state index in [4.69, 9.17) is 4.43 Å². The number of hydrogen-bond acceptors (Lipinski definition) is 1. The lowest BCUT2D eigenvalue weighted by Crippen LogP contribution is -2.44. The van der Waals surface area contributed by atoms with Crippen molar-refractivity contribution in [2.75, 3.05) is 0 Å². The molecule has 1 fully saturated rings. The lowest BCUT2D eigenvalue weighted by Gasteiger charge is -2.41. The molecular weight excluding hydrogens is 236 g/mol. The van der Waals surface area contributed by atoms with Crippen molar-refractivity contribution in [3.8, 4) is 0 Å². The average Bonchev–Trinajstić information content (AvgIpc) is 2.21. The van der Waals surface area contributed by atoms with Crippen LogP contribution in [-0.4, -0.2) is 14.4 Å². The molecule has 0 heterocycles. The second kappa shape index (κ2) is 5.75. The Bertz CT molecular complexity index is 333. The predicted molar refractivity (Wildman–Crippen MR) is 83.4 cm³/mol. The van der Waals surface area contributed by atoms with Gasteiger partial charge in [0.2, 0.25) is 0 Å². The van der Waals surface area contributed by atoms with Crippen molar-refractivity contribution in [2.45, 2.75) is 77.6 Å². The predicted octanol–water partition coefficient (Wildman–Crippen LogP) is 5.45. The van der Waals surface area contributed by atoms with Gasteiger partial charge in [-0.25, -0.2) is 0 Å². The van der Waals surface area contributed by atoms with Gasteiger partial charge in [-0.3, -0.25) is 0 Å².